The SMILES string of the molecule is CC1CCCN(CC(=O)N2CCc3sccc3C2)C1. The molecule has 0 bridgehead atoms. The maximum Gasteiger partial charge on any atom is 0.237 e. The van der Waals surface area contributed by atoms with Crippen molar-refractivity contribution in [2.75, 3.05) is 26.2 Å². The van der Waals surface area contributed by atoms with E-state index < -0.39 is 0 Å². The monoisotopic (exact) mass is 278 g/mol. The summed E-state index contributed by atoms with van der Waals surface area (Å²) in [5, 5.41) is 2.14. The van der Waals surface area contributed by atoms with E-state index in [4.69, 9.17) is 0 Å². The summed E-state index contributed by atoms with van der Waals surface area (Å²) in [5.41, 5.74) is 1.36. The second-order valence-corrected chi connectivity index (χ2v) is 6.92. The van der Waals surface area contributed by atoms with Crippen LogP contribution in [0, 0.1) is 5.92 Å². The molecular weight excluding hydrogens is 256 g/mol. The molecule has 1 amide bonds. The Labute approximate surface area is 119 Å². The number of piperidine rings is 1. The molecule has 0 aromatic carbocycles. The summed E-state index contributed by atoms with van der Waals surface area (Å²) in [5.74, 6) is 1.05. The molecule has 19 heavy (non-hydrogen) atoms. The van der Waals surface area contributed by atoms with Crippen molar-refractivity contribution in [1.29, 1.82) is 0 Å². The maximum absolute atomic E-state index is 12.4. The van der Waals surface area contributed by atoms with Crippen molar-refractivity contribution in [2.24, 2.45) is 5.92 Å². The zero-order chi connectivity index (χ0) is 13.2. The van der Waals surface area contributed by atoms with Crippen LogP contribution in [0.5, 0.6) is 0 Å². The molecule has 0 spiro atoms. The molecule has 1 aromatic heterocycles. The quantitative estimate of drug-likeness (QED) is 0.829. The number of thiophene rings is 1. The smallest absolute Gasteiger partial charge is 0.237 e. The molecule has 0 radical (unpaired) electrons. The Bertz CT molecular complexity index is 457. The molecule has 3 rings (SSSR count). The highest BCUT2D eigenvalue weighted by atomic mass is 32.1. The van der Waals surface area contributed by atoms with Gasteiger partial charge in [-0.1, -0.05) is 6.92 Å². The maximum atomic E-state index is 12.4. The lowest BCUT2D eigenvalue weighted by Crippen LogP contribution is -2.45. The van der Waals surface area contributed by atoms with Crippen molar-refractivity contribution < 1.29 is 4.79 Å². The molecule has 0 saturated carbocycles. The van der Waals surface area contributed by atoms with Gasteiger partial charge in [0.05, 0.1) is 6.54 Å². The van der Waals surface area contributed by atoms with Crippen molar-refractivity contribution in [3.63, 3.8) is 0 Å². The zero-order valence-electron chi connectivity index (χ0n) is 11.6. The Morgan fingerprint density at radius 2 is 2.37 bits per heavy atom. The molecule has 2 aliphatic rings. The molecule has 104 valence electrons. The normalized spacial score (nSPS) is 24.3. The van der Waals surface area contributed by atoms with Crippen molar-refractivity contribution in [3.8, 4) is 0 Å². The summed E-state index contributed by atoms with van der Waals surface area (Å²) in [6.45, 7) is 6.80. The molecule has 0 N–H and O–H groups in total. The summed E-state index contributed by atoms with van der Waals surface area (Å²) in [6, 6.07) is 2.17. The van der Waals surface area contributed by atoms with E-state index in [1.165, 1.54) is 23.3 Å². The fraction of sp³-hybridized carbons (Fsp3) is 0.667. The zero-order valence-corrected chi connectivity index (χ0v) is 12.4. The van der Waals surface area contributed by atoms with Crippen molar-refractivity contribution in [1.82, 2.24) is 9.80 Å². The lowest BCUT2D eigenvalue weighted by atomic mass is 10.0. The molecule has 0 aliphatic carbocycles. The van der Waals surface area contributed by atoms with Crippen LogP contribution in [-0.2, 0) is 17.8 Å². The lowest BCUT2D eigenvalue weighted by Gasteiger charge is -2.33. The predicted molar refractivity (Wildman–Crippen MR) is 78.3 cm³/mol. The van der Waals surface area contributed by atoms with E-state index in [0.717, 1.165) is 38.5 Å². The molecule has 4 heteroatoms. The second-order valence-electron chi connectivity index (χ2n) is 5.92. The molecule has 1 atom stereocenters. The third-order valence-electron chi connectivity index (χ3n) is 4.26. The average molecular weight is 278 g/mol. The van der Waals surface area contributed by atoms with Gasteiger partial charge in [-0.2, -0.15) is 0 Å². The van der Waals surface area contributed by atoms with Gasteiger partial charge in [-0.15, -0.1) is 11.3 Å². The first-order valence-electron chi connectivity index (χ1n) is 7.28. The van der Waals surface area contributed by atoms with E-state index in [0.29, 0.717) is 12.5 Å². The number of amides is 1. The van der Waals surface area contributed by atoms with Crippen LogP contribution in [0.1, 0.15) is 30.2 Å². The van der Waals surface area contributed by atoms with Gasteiger partial charge >= 0.3 is 0 Å². The summed E-state index contributed by atoms with van der Waals surface area (Å²) in [7, 11) is 0. The Balaban J connectivity index is 1.56. The largest absolute Gasteiger partial charge is 0.337 e. The Hall–Kier alpha value is -0.870. The first kappa shape index (κ1) is 13.1. The first-order valence-corrected chi connectivity index (χ1v) is 8.15. The minimum absolute atomic E-state index is 0.311. The Morgan fingerprint density at radius 3 is 3.21 bits per heavy atom. The number of carbonyl (C=O) groups excluding carboxylic acids is 1. The predicted octanol–water partition coefficient (Wildman–Crippen LogP) is 2.36. The third-order valence-corrected chi connectivity index (χ3v) is 5.28. The van der Waals surface area contributed by atoms with Crippen LogP contribution >= 0.6 is 11.3 Å². The van der Waals surface area contributed by atoms with Crippen LogP contribution in [0.25, 0.3) is 0 Å². The number of fused-ring (bicyclic) bond motifs is 1. The number of carbonyl (C=O) groups is 1. The van der Waals surface area contributed by atoms with E-state index in [-0.39, 0.29) is 0 Å². The minimum atomic E-state index is 0.311. The molecule has 1 fully saturated rings. The van der Waals surface area contributed by atoms with E-state index in [9.17, 15) is 4.79 Å². The Kier molecular flexibility index (Phi) is 3.89. The molecule has 1 unspecified atom stereocenters. The fourth-order valence-electron chi connectivity index (χ4n) is 3.18. The summed E-state index contributed by atoms with van der Waals surface area (Å²) in [4.78, 5) is 18.2. The molecule has 1 saturated heterocycles. The number of hydrogen-bond donors (Lipinski definition) is 0. The fourth-order valence-corrected chi connectivity index (χ4v) is 4.07. The van der Waals surface area contributed by atoms with Crippen molar-refractivity contribution in [2.45, 2.75) is 32.7 Å². The highest BCUT2D eigenvalue weighted by Gasteiger charge is 2.24. The number of hydrogen-bond acceptors (Lipinski definition) is 3. The standard InChI is InChI=1S/C15H22N2OS/c1-12-3-2-6-16(9-12)11-15(18)17-7-4-14-13(10-17)5-8-19-14/h5,8,12H,2-4,6-7,9-11H2,1H3. The molecule has 1 aromatic rings. The van der Waals surface area contributed by atoms with Gasteiger partial charge in [-0.25, -0.2) is 0 Å². The number of nitrogens with zero attached hydrogens (tertiary/aromatic N) is 2. The van der Waals surface area contributed by atoms with Crippen LogP contribution in [-0.4, -0.2) is 41.9 Å². The summed E-state index contributed by atoms with van der Waals surface area (Å²) < 4.78 is 0. The lowest BCUT2D eigenvalue weighted by molar-refractivity contribution is -0.133. The van der Waals surface area contributed by atoms with Crippen LogP contribution in [0.15, 0.2) is 11.4 Å². The molecular formula is C15H22N2OS. The van der Waals surface area contributed by atoms with E-state index in [1.54, 1.807) is 0 Å². The van der Waals surface area contributed by atoms with Gasteiger partial charge in [0.15, 0.2) is 0 Å². The first-order chi connectivity index (χ1) is 9.22. The van der Waals surface area contributed by atoms with Crippen LogP contribution < -0.4 is 0 Å². The van der Waals surface area contributed by atoms with Gasteiger partial charge in [-0.3, -0.25) is 9.69 Å². The summed E-state index contributed by atoms with van der Waals surface area (Å²) in [6.07, 6.45) is 3.59. The number of rotatable bonds is 2. The third kappa shape index (κ3) is 3.00. The molecule has 3 nitrogen and oxygen atoms in total. The van der Waals surface area contributed by atoms with Gasteiger partial charge in [0.25, 0.3) is 0 Å². The van der Waals surface area contributed by atoms with Crippen LogP contribution in [0.4, 0.5) is 0 Å². The molecule has 2 aliphatic heterocycles. The molecule has 3 heterocycles. The van der Waals surface area contributed by atoms with E-state index >= 15 is 0 Å². The average Bonchev–Trinajstić information content (AvgIpc) is 2.85. The van der Waals surface area contributed by atoms with Crippen LogP contribution in [0.2, 0.25) is 0 Å². The highest BCUT2D eigenvalue weighted by Crippen LogP contribution is 2.24. The van der Waals surface area contributed by atoms with Gasteiger partial charge < -0.3 is 4.90 Å². The minimum Gasteiger partial charge on any atom is -0.337 e. The topological polar surface area (TPSA) is 23.6 Å². The Morgan fingerprint density at radius 1 is 1.47 bits per heavy atom. The van der Waals surface area contributed by atoms with Crippen LogP contribution in [0.3, 0.4) is 0 Å². The second kappa shape index (κ2) is 5.63. The van der Waals surface area contributed by atoms with E-state index in [2.05, 4.69) is 23.3 Å². The highest BCUT2D eigenvalue weighted by molar-refractivity contribution is 7.10. The van der Waals surface area contributed by atoms with Gasteiger partial charge in [-0.05, 0) is 48.7 Å². The van der Waals surface area contributed by atoms with Gasteiger partial charge in [0.2, 0.25) is 5.91 Å². The van der Waals surface area contributed by atoms with E-state index in [1.807, 2.05) is 16.2 Å². The van der Waals surface area contributed by atoms with Gasteiger partial charge in [0.1, 0.15) is 0 Å². The summed E-state index contributed by atoms with van der Waals surface area (Å²) >= 11 is 1.83. The number of likely N-dealkylation sites (tertiary alicyclic amines) is 1. The van der Waals surface area contributed by atoms with Crippen molar-refractivity contribution in [3.05, 3.63) is 21.9 Å². The van der Waals surface area contributed by atoms with Crippen molar-refractivity contribution >= 4 is 17.2 Å². The van der Waals surface area contributed by atoms with Gasteiger partial charge in [0, 0.05) is 24.5 Å².